The fourth-order valence-corrected chi connectivity index (χ4v) is 1.92. The Morgan fingerprint density at radius 3 is 2.50 bits per heavy atom. The number of halogens is 3. The van der Waals surface area contributed by atoms with E-state index >= 15 is 0 Å². The molecule has 0 heterocycles. The summed E-state index contributed by atoms with van der Waals surface area (Å²) in [5.41, 5.74) is 0.0525. The number of carbonyl (C=O) groups is 1. The minimum absolute atomic E-state index is 0.0603. The van der Waals surface area contributed by atoms with Crippen LogP contribution in [-0.4, -0.2) is 19.1 Å². The number of benzene rings is 2. The Kier molecular flexibility index (Phi) is 6.24. The minimum atomic E-state index is -4.43. The van der Waals surface area contributed by atoms with Gasteiger partial charge in [-0.3, -0.25) is 4.79 Å². The second kappa shape index (κ2) is 8.59. The van der Waals surface area contributed by atoms with Crippen molar-refractivity contribution >= 4 is 5.91 Å². The number of carbonyl (C=O) groups excluding carboxylic acids is 1. The molecule has 2 rings (SSSR count). The molecule has 26 heavy (non-hydrogen) atoms. The highest BCUT2D eigenvalue weighted by Crippen LogP contribution is 2.31. The highest BCUT2D eigenvalue weighted by Gasteiger charge is 2.30. The molecule has 4 nitrogen and oxygen atoms in total. The monoisotopic (exact) mass is 358 g/mol. The van der Waals surface area contributed by atoms with Crippen molar-refractivity contribution in [2.45, 2.75) is 6.18 Å². The zero-order chi connectivity index (χ0) is 19.0. The maximum atomic E-state index is 12.6. The molecule has 0 aliphatic heterocycles. The molecule has 0 fully saturated rings. The van der Waals surface area contributed by atoms with E-state index in [1.165, 1.54) is 36.4 Å². The molecule has 1 amide bonds. The molecule has 0 saturated heterocycles. The number of hydrogen-bond donors (Lipinski definition) is 1. The maximum absolute atomic E-state index is 12.6. The van der Waals surface area contributed by atoms with E-state index in [9.17, 15) is 18.0 Å². The largest absolute Gasteiger partial charge is 0.481 e. The Morgan fingerprint density at radius 2 is 1.85 bits per heavy atom. The Bertz CT molecular complexity index is 873. The number of nitrogens with zero attached hydrogens (tertiary/aromatic N) is 1. The molecule has 7 heteroatoms. The number of hydrogen-bond acceptors (Lipinski definition) is 3. The number of ether oxygens (including phenoxy) is 1. The SMILES string of the molecule is N#Cc1ccc(C(=O)NCC#CCOc2cccc(C(F)(F)F)c2)cc1. The van der Waals surface area contributed by atoms with E-state index in [2.05, 4.69) is 17.2 Å². The van der Waals surface area contributed by atoms with Crippen molar-refractivity contribution in [1.82, 2.24) is 5.32 Å². The van der Waals surface area contributed by atoms with E-state index in [0.29, 0.717) is 11.1 Å². The van der Waals surface area contributed by atoms with E-state index in [4.69, 9.17) is 10.00 Å². The molecule has 0 unspecified atom stereocenters. The zero-order valence-corrected chi connectivity index (χ0v) is 13.4. The third kappa shape index (κ3) is 5.57. The fraction of sp³-hybridized carbons (Fsp3) is 0.158. The average Bonchev–Trinajstić information content (AvgIpc) is 2.64. The summed E-state index contributed by atoms with van der Waals surface area (Å²) in [5, 5.41) is 11.3. The minimum Gasteiger partial charge on any atom is -0.481 e. The molecule has 0 aromatic heterocycles. The fourth-order valence-electron chi connectivity index (χ4n) is 1.92. The normalized spacial score (nSPS) is 10.2. The van der Waals surface area contributed by atoms with Gasteiger partial charge in [0.05, 0.1) is 23.7 Å². The molecule has 0 saturated carbocycles. The van der Waals surface area contributed by atoms with Gasteiger partial charge in [0.1, 0.15) is 12.4 Å². The Balaban J connectivity index is 1.79. The summed E-state index contributed by atoms with van der Waals surface area (Å²) in [4.78, 5) is 11.8. The molecule has 0 atom stereocenters. The summed E-state index contributed by atoms with van der Waals surface area (Å²) >= 11 is 0. The third-order valence-corrected chi connectivity index (χ3v) is 3.21. The van der Waals surface area contributed by atoms with Gasteiger partial charge in [-0.15, -0.1) is 0 Å². The van der Waals surface area contributed by atoms with Crippen molar-refractivity contribution in [3.8, 4) is 23.7 Å². The van der Waals surface area contributed by atoms with Crippen LogP contribution in [0.1, 0.15) is 21.5 Å². The molecular formula is C19H13F3N2O2. The van der Waals surface area contributed by atoms with Crippen LogP contribution < -0.4 is 10.1 Å². The predicted octanol–water partition coefficient (Wildman–Crippen LogP) is 3.39. The van der Waals surface area contributed by atoms with Crippen LogP contribution in [0.4, 0.5) is 13.2 Å². The van der Waals surface area contributed by atoms with Gasteiger partial charge in [0.25, 0.3) is 5.91 Å². The highest BCUT2D eigenvalue weighted by atomic mass is 19.4. The van der Waals surface area contributed by atoms with E-state index in [-0.39, 0.29) is 24.8 Å². The van der Waals surface area contributed by atoms with Gasteiger partial charge in [-0.1, -0.05) is 17.9 Å². The lowest BCUT2D eigenvalue weighted by molar-refractivity contribution is -0.137. The van der Waals surface area contributed by atoms with Gasteiger partial charge in [0.2, 0.25) is 0 Å². The van der Waals surface area contributed by atoms with Crippen LogP contribution in [0.15, 0.2) is 48.5 Å². The summed E-state index contributed by atoms with van der Waals surface area (Å²) in [7, 11) is 0. The van der Waals surface area contributed by atoms with E-state index in [1.807, 2.05) is 6.07 Å². The molecule has 0 spiro atoms. The predicted molar refractivity (Wildman–Crippen MR) is 88.2 cm³/mol. The van der Waals surface area contributed by atoms with Crippen molar-refractivity contribution in [2.75, 3.05) is 13.2 Å². The first kappa shape index (κ1) is 18.9. The van der Waals surface area contributed by atoms with E-state index in [1.54, 1.807) is 0 Å². The van der Waals surface area contributed by atoms with Crippen LogP contribution in [-0.2, 0) is 6.18 Å². The van der Waals surface area contributed by atoms with Crippen LogP contribution in [0.3, 0.4) is 0 Å². The topological polar surface area (TPSA) is 62.1 Å². The molecule has 1 N–H and O–H groups in total. The molecule has 0 bridgehead atoms. The average molecular weight is 358 g/mol. The first-order chi connectivity index (χ1) is 12.4. The molecule has 2 aromatic rings. The summed E-state index contributed by atoms with van der Waals surface area (Å²) in [5.74, 6) is 4.97. The van der Waals surface area contributed by atoms with Crippen LogP contribution in [0.25, 0.3) is 0 Å². The van der Waals surface area contributed by atoms with Crippen LogP contribution in [0.2, 0.25) is 0 Å². The van der Waals surface area contributed by atoms with Crippen molar-refractivity contribution in [2.24, 2.45) is 0 Å². The van der Waals surface area contributed by atoms with E-state index in [0.717, 1.165) is 12.1 Å². The third-order valence-electron chi connectivity index (χ3n) is 3.21. The van der Waals surface area contributed by atoms with E-state index < -0.39 is 11.7 Å². The number of alkyl halides is 3. The summed E-state index contributed by atoms with van der Waals surface area (Å²) < 4.78 is 42.9. The Morgan fingerprint density at radius 1 is 1.12 bits per heavy atom. The lowest BCUT2D eigenvalue weighted by atomic mass is 10.1. The number of nitriles is 1. The molecule has 0 aliphatic carbocycles. The zero-order valence-electron chi connectivity index (χ0n) is 13.4. The summed E-state index contributed by atoms with van der Waals surface area (Å²) in [6.07, 6.45) is -4.43. The number of amides is 1. The summed E-state index contributed by atoms with van der Waals surface area (Å²) in [6.45, 7) is -0.0428. The molecule has 2 aromatic carbocycles. The first-order valence-electron chi connectivity index (χ1n) is 7.44. The number of rotatable bonds is 4. The lowest BCUT2D eigenvalue weighted by Crippen LogP contribution is -2.23. The van der Waals surface area contributed by atoms with Gasteiger partial charge < -0.3 is 10.1 Å². The maximum Gasteiger partial charge on any atom is 0.416 e. The van der Waals surface area contributed by atoms with Gasteiger partial charge in [-0.05, 0) is 42.5 Å². The molecule has 0 radical (unpaired) electrons. The Hall–Kier alpha value is -3.45. The van der Waals surface area contributed by atoms with Crippen LogP contribution in [0, 0.1) is 23.2 Å². The second-order valence-corrected chi connectivity index (χ2v) is 5.04. The lowest BCUT2D eigenvalue weighted by Gasteiger charge is -2.08. The van der Waals surface area contributed by atoms with Crippen molar-refractivity contribution in [1.29, 1.82) is 5.26 Å². The molecular weight excluding hydrogens is 345 g/mol. The van der Waals surface area contributed by atoms with Crippen molar-refractivity contribution < 1.29 is 22.7 Å². The first-order valence-corrected chi connectivity index (χ1v) is 7.44. The van der Waals surface area contributed by atoms with Crippen LogP contribution >= 0.6 is 0 Å². The van der Waals surface area contributed by atoms with Gasteiger partial charge in [-0.25, -0.2) is 0 Å². The second-order valence-electron chi connectivity index (χ2n) is 5.04. The molecule has 0 aliphatic rings. The smallest absolute Gasteiger partial charge is 0.416 e. The highest BCUT2D eigenvalue weighted by molar-refractivity contribution is 5.94. The van der Waals surface area contributed by atoms with Crippen LogP contribution in [0.5, 0.6) is 5.75 Å². The van der Waals surface area contributed by atoms with Gasteiger partial charge in [-0.2, -0.15) is 18.4 Å². The number of nitrogens with one attached hydrogen (secondary N) is 1. The Labute approximate surface area is 148 Å². The van der Waals surface area contributed by atoms with Crippen molar-refractivity contribution in [3.63, 3.8) is 0 Å². The standard InChI is InChI=1S/C19H13F3N2O2/c20-19(21,22)16-4-3-5-17(12-16)26-11-2-1-10-24-18(25)15-8-6-14(13-23)7-9-15/h3-9,12H,10-11H2,(H,24,25). The summed E-state index contributed by atoms with van der Waals surface area (Å²) in [6, 6.07) is 12.6. The molecule has 132 valence electrons. The van der Waals surface area contributed by atoms with Gasteiger partial charge in [0, 0.05) is 5.56 Å². The van der Waals surface area contributed by atoms with Crippen molar-refractivity contribution in [3.05, 3.63) is 65.2 Å². The quantitative estimate of drug-likeness (QED) is 0.853. The van der Waals surface area contributed by atoms with Gasteiger partial charge in [0.15, 0.2) is 0 Å². The van der Waals surface area contributed by atoms with Gasteiger partial charge >= 0.3 is 6.18 Å².